The molecule has 0 aromatic carbocycles. The van der Waals surface area contributed by atoms with Gasteiger partial charge in [0.2, 0.25) is 10.0 Å². The zero-order valence-electron chi connectivity index (χ0n) is 14.0. The molecule has 1 heterocycles. The maximum Gasteiger partial charge on any atom is 0.246 e. The minimum Gasteiger partial charge on any atom is -0.318 e. The van der Waals surface area contributed by atoms with E-state index in [9.17, 15) is 8.42 Å². The topological polar surface area (TPSA) is 67.2 Å². The van der Waals surface area contributed by atoms with Gasteiger partial charge in [-0.2, -0.15) is 9.40 Å². The Bertz CT molecular complexity index is 564. The number of nitrogens with one attached hydrogen (secondary N) is 1. The van der Waals surface area contributed by atoms with Crippen LogP contribution in [0.3, 0.4) is 0 Å². The van der Waals surface area contributed by atoms with Crippen LogP contribution in [0.25, 0.3) is 0 Å². The molecular formula is C14H28N4O2S. The predicted octanol–water partition coefficient (Wildman–Crippen LogP) is 1.39. The van der Waals surface area contributed by atoms with Crippen molar-refractivity contribution in [3.05, 3.63) is 11.4 Å². The number of rotatable bonds is 8. The molecule has 1 N–H and O–H groups in total. The minimum atomic E-state index is -3.48. The van der Waals surface area contributed by atoms with E-state index in [1.807, 2.05) is 34.7 Å². The summed E-state index contributed by atoms with van der Waals surface area (Å²) >= 11 is 0. The smallest absolute Gasteiger partial charge is 0.246 e. The quantitative estimate of drug-likeness (QED) is 0.787. The Kier molecular flexibility index (Phi) is 6.37. The Labute approximate surface area is 128 Å². The molecule has 0 radical (unpaired) electrons. The van der Waals surface area contributed by atoms with Gasteiger partial charge < -0.3 is 5.32 Å². The maximum absolute atomic E-state index is 12.9. The lowest BCUT2D eigenvalue weighted by Gasteiger charge is -2.22. The van der Waals surface area contributed by atoms with Crippen LogP contribution >= 0.6 is 0 Å². The van der Waals surface area contributed by atoms with Crippen molar-refractivity contribution in [2.45, 2.75) is 46.1 Å². The third-order valence-corrected chi connectivity index (χ3v) is 5.60. The summed E-state index contributed by atoms with van der Waals surface area (Å²) in [6, 6.07) is 0. The minimum absolute atomic E-state index is 0.291. The van der Waals surface area contributed by atoms with Crippen molar-refractivity contribution in [3.8, 4) is 0 Å². The molecule has 0 atom stereocenters. The summed E-state index contributed by atoms with van der Waals surface area (Å²) in [6.45, 7) is 11.9. The summed E-state index contributed by atoms with van der Waals surface area (Å²) in [5, 5.41) is 7.43. The summed E-state index contributed by atoms with van der Waals surface area (Å²) in [6.07, 6.45) is 0. The van der Waals surface area contributed by atoms with Gasteiger partial charge in [-0.15, -0.1) is 0 Å². The van der Waals surface area contributed by atoms with E-state index in [2.05, 4.69) is 10.4 Å². The predicted molar refractivity (Wildman–Crippen MR) is 84.9 cm³/mol. The van der Waals surface area contributed by atoms with E-state index in [0.29, 0.717) is 41.8 Å². The molecule has 122 valence electrons. The highest BCUT2D eigenvalue weighted by Crippen LogP contribution is 2.24. The fraction of sp³-hybridized carbons (Fsp3) is 0.786. The summed E-state index contributed by atoms with van der Waals surface area (Å²) in [5.41, 5.74) is 1.29. The summed E-state index contributed by atoms with van der Waals surface area (Å²) in [7, 11) is -1.62. The van der Waals surface area contributed by atoms with Gasteiger partial charge in [0.15, 0.2) is 0 Å². The lowest BCUT2D eigenvalue weighted by molar-refractivity contribution is 0.380. The molecule has 21 heavy (non-hydrogen) atoms. The number of likely N-dealkylation sites (N-methyl/N-ethyl adjacent to an activating group) is 1. The number of nitrogens with zero attached hydrogens (tertiary/aromatic N) is 3. The van der Waals surface area contributed by atoms with E-state index in [-0.39, 0.29) is 0 Å². The van der Waals surface area contributed by atoms with Gasteiger partial charge in [0.1, 0.15) is 4.90 Å². The molecule has 0 fully saturated rings. The van der Waals surface area contributed by atoms with Crippen LogP contribution in [0.4, 0.5) is 0 Å². The zero-order valence-corrected chi connectivity index (χ0v) is 14.8. The molecule has 0 spiro atoms. The first-order valence-corrected chi connectivity index (χ1v) is 8.88. The molecule has 7 heteroatoms. The average molecular weight is 316 g/mol. The SMILES string of the molecule is CCN(CC(C)C)S(=O)(=O)c1c(C)nn(CCNC)c1C. The third-order valence-electron chi connectivity index (χ3n) is 3.41. The van der Waals surface area contributed by atoms with Crippen LogP contribution in [0.2, 0.25) is 0 Å². The second-order valence-electron chi connectivity index (χ2n) is 5.68. The molecule has 0 aliphatic heterocycles. The molecule has 0 amide bonds. The molecule has 0 unspecified atom stereocenters. The van der Waals surface area contributed by atoms with Crippen molar-refractivity contribution in [1.82, 2.24) is 19.4 Å². The number of hydrogen-bond donors (Lipinski definition) is 1. The first-order valence-electron chi connectivity index (χ1n) is 7.44. The Hall–Kier alpha value is -0.920. The van der Waals surface area contributed by atoms with Crippen molar-refractivity contribution in [1.29, 1.82) is 0 Å². The highest BCUT2D eigenvalue weighted by Gasteiger charge is 2.30. The number of aromatic nitrogens is 2. The van der Waals surface area contributed by atoms with Crippen LogP contribution in [0.1, 0.15) is 32.2 Å². The second-order valence-corrected chi connectivity index (χ2v) is 7.55. The van der Waals surface area contributed by atoms with Gasteiger partial charge in [-0.25, -0.2) is 8.42 Å². The van der Waals surface area contributed by atoms with Gasteiger partial charge in [-0.3, -0.25) is 4.68 Å². The van der Waals surface area contributed by atoms with Crippen molar-refractivity contribution < 1.29 is 8.42 Å². The van der Waals surface area contributed by atoms with Gasteiger partial charge in [-0.05, 0) is 26.8 Å². The Morgan fingerprint density at radius 3 is 2.43 bits per heavy atom. The van der Waals surface area contributed by atoms with Gasteiger partial charge in [0.25, 0.3) is 0 Å². The lowest BCUT2D eigenvalue weighted by atomic mass is 10.2. The van der Waals surface area contributed by atoms with E-state index in [1.54, 1.807) is 11.6 Å². The molecular weight excluding hydrogens is 288 g/mol. The maximum atomic E-state index is 12.9. The van der Waals surface area contributed by atoms with E-state index in [0.717, 1.165) is 6.54 Å². The van der Waals surface area contributed by atoms with Crippen molar-refractivity contribution in [2.75, 3.05) is 26.7 Å². The normalized spacial score (nSPS) is 12.6. The van der Waals surface area contributed by atoms with Gasteiger partial charge in [-0.1, -0.05) is 20.8 Å². The molecule has 1 aromatic rings. The number of hydrogen-bond acceptors (Lipinski definition) is 4. The van der Waals surface area contributed by atoms with Crippen LogP contribution in [0.5, 0.6) is 0 Å². The second kappa shape index (κ2) is 7.38. The van der Waals surface area contributed by atoms with Crippen LogP contribution in [-0.4, -0.2) is 49.2 Å². The summed E-state index contributed by atoms with van der Waals surface area (Å²) in [4.78, 5) is 0.362. The van der Waals surface area contributed by atoms with Gasteiger partial charge in [0, 0.05) is 19.6 Å². The Morgan fingerprint density at radius 2 is 1.95 bits per heavy atom. The molecule has 0 saturated heterocycles. The number of aryl methyl sites for hydroxylation is 1. The molecule has 0 aliphatic carbocycles. The van der Waals surface area contributed by atoms with Crippen LogP contribution in [-0.2, 0) is 16.6 Å². The largest absolute Gasteiger partial charge is 0.318 e. The summed E-state index contributed by atoms with van der Waals surface area (Å²) < 4.78 is 29.1. The lowest BCUT2D eigenvalue weighted by Crippen LogP contribution is -2.34. The first kappa shape index (κ1) is 18.1. The first-order chi connectivity index (χ1) is 9.75. The van der Waals surface area contributed by atoms with E-state index in [1.165, 1.54) is 4.31 Å². The number of sulfonamides is 1. The van der Waals surface area contributed by atoms with Gasteiger partial charge >= 0.3 is 0 Å². The molecule has 0 aliphatic rings. The fourth-order valence-corrected chi connectivity index (χ4v) is 4.41. The summed E-state index contributed by atoms with van der Waals surface area (Å²) in [5.74, 6) is 0.291. The van der Waals surface area contributed by atoms with Crippen LogP contribution in [0, 0.1) is 19.8 Å². The highest BCUT2D eigenvalue weighted by atomic mass is 32.2. The standard InChI is InChI=1S/C14H28N4O2S/c1-7-17(10-11(2)3)21(19,20)14-12(4)16-18(13(14)5)9-8-15-6/h11,15H,7-10H2,1-6H3. The molecule has 0 bridgehead atoms. The van der Waals surface area contributed by atoms with Crippen molar-refractivity contribution in [2.24, 2.45) is 5.92 Å². The molecule has 0 saturated carbocycles. The third kappa shape index (κ3) is 4.05. The van der Waals surface area contributed by atoms with Crippen LogP contribution in [0.15, 0.2) is 4.90 Å². The average Bonchev–Trinajstić information content (AvgIpc) is 2.68. The molecule has 6 nitrogen and oxygen atoms in total. The Balaban J connectivity index is 3.21. The van der Waals surface area contributed by atoms with E-state index >= 15 is 0 Å². The monoisotopic (exact) mass is 316 g/mol. The Morgan fingerprint density at radius 1 is 1.33 bits per heavy atom. The van der Waals surface area contributed by atoms with Crippen LogP contribution < -0.4 is 5.32 Å². The van der Waals surface area contributed by atoms with E-state index < -0.39 is 10.0 Å². The zero-order chi connectivity index (χ0) is 16.2. The molecule has 1 rings (SSSR count). The fourth-order valence-electron chi connectivity index (χ4n) is 2.42. The highest BCUT2D eigenvalue weighted by molar-refractivity contribution is 7.89. The van der Waals surface area contributed by atoms with Crippen molar-refractivity contribution >= 4 is 10.0 Å². The van der Waals surface area contributed by atoms with Gasteiger partial charge in [0.05, 0.1) is 17.9 Å². The van der Waals surface area contributed by atoms with E-state index in [4.69, 9.17) is 0 Å². The molecule has 1 aromatic heterocycles. The van der Waals surface area contributed by atoms with Crippen molar-refractivity contribution in [3.63, 3.8) is 0 Å².